The second-order valence-electron chi connectivity index (χ2n) is 7.92. The molecule has 1 aromatic rings. The van der Waals surface area contributed by atoms with Crippen molar-refractivity contribution in [1.82, 2.24) is 19.8 Å². The van der Waals surface area contributed by atoms with Gasteiger partial charge in [-0.2, -0.15) is 0 Å². The number of aromatic amines is 1. The minimum Gasteiger partial charge on any atom is -0.383 e. The van der Waals surface area contributed by atoms with E-state index in [1.807, 2.05) is 27.7 Å². The van der Waals surface area contributed by atoms with Crippen molar-refractivity contribution in [2.75, 3.05) is 43.9 Å². The summed E-state index contributed by atoms with van der Waals surface area (Å²) in [5.41, 5.74) is 4.88. The SMILES string of the molecule is CCCCN(C(=O)CN(C)CC(=O)NCCC)c1c(N)n(CC(C)C)c(=O)[nH]c1=O. The molecule has 170 valence electrons. The van der Waals surface area contributed by atoms with Gasteiger partial charge in [-0.05, 0) is 25.8 Å². The van der Waals surface area contributed by atoms with Crippen molar-refractivity contribution in [2.24, 2.45) is 5.92 Å². The van der Waals surface area contributed by atoms with Gasteiger partial charge in [0.05, 0.1) is 13.1 Å². The van der Waals surface area contributed by atoms with Crippen LogP contribution in [0.2, 0.25) is 0 Å². The van der Waals surface area contributed by atoms with Crippen molar-refractivity contribution in [3.05, 3.63) is 20.8 Å². The molecule has 1 heterocycles. The van der Waals surface area contributed by atoms with Crippen molar-refractivity contribution < 1.29 is 9.59 Å². The fourth-order valence-electron chi connectivity index (χ4n) is 3.00. The number of rotatable bonds is 12. The van der Waals surface area contributed by atoms with Crippen LogP contribution in [0.4, 0.5) is 11.5 Å². The number of nitrogens with two attached hydrogens (primary N) is 1. The Kier molecular flexibility index (Phi) is 10.3. The third-order valence-electron chi connectivity index (χ3n) is 4.46. The van der Waals surface area contributed by atoms with Crippen LogP contribution in [0.5, 0.6) is 0 Å². The Morgan fingerprint density at radius 3 is 2.40 bits per heavy atom. The van der Waals surface area contributed by atoms with Gasteiger partial charge in [-0.15, -0.1) is 0 Å². The van der Waals surface area contributed by atoms with Gasteiger partial charge in [0.25, 0.3) is 5.56 Å². The summed E-state index contributed by atoms with van der Waals surface area (Å²) in [5, 5.41) is 2.76. The molecule has 2 amide bonds. The molecule has 0 radical (unpaired) electrons. The molecule has 0 aliphatic heterocycles. The van der Waals surface area contributed by atoms with E-state index in [0.29, 0.717) is 26.1 Å². The number of nitrogens with zero attached hydrogens (tertiary/aromatic N) is 3. The molecule has 0 bridgehead atoms. The molecule has 0 aliphatic carbocycles. The van der Waals surface area contributed by atoms with Crippen LogP contribution in [0.15, 0.2) is 9.59 Å². The highest BCUT2D eigenvalue weighted by Gasteiger charge is 2.25. The molecule has 1 aromatic heterocycles. The van der Waals surface area contributed by atoms with Crippen molar-refractivity contribution in [3.8, 4) is 0 Å². The van der Waals surface area contributed by atoms with Crippen molar-refractivity contribution in [3.63, 3.8) is 0 Å². The maximum Gasteiger partial charge on any atom is 0.330 e. The van der Waals surface area contributed by atoms with Crippen LogP contribution in [0.3, 0.4) is 0 Å². The third-order valence-corrected chi connectivity index (χ3v) is 4.46. The number of aromatic nitrogens is 2. The zero-order valence-electron chi connectivity index (χ0n) is 18.8. The highest BCUT2D eigenvalue weighted by atomic mass is 16.2. The maximum atomic E-state index is 13.0. The van der Waals surface area contributed by atoms with E-state index in [0.717, 1.165) is 12.8 Å². The van der Waals surface area contributed by atoms with Crippen molar-refractivity contribution >= 4 is 23.3 Å². The van der Waals surface area contributed by atoms with E-state index in [-0.39, 0.29) is 42.3 Å². The van der Waals surface area contributed by atoms with E-state index >= 15 is 0 Å². The Balaban J connectivity index is 3.17. The first-order chi connectivity index (χ1) is 14.1. The van der Waals surface area contributed by atoms with Gasteiger partial charge in [0.2, 0.25) is 11.8 Å². The van der Waals surface area contributed by atoms with Crippen LogP contribution < -0.4 is 27.2 Å². The lowest BCUT2D eigenvalue weighted by atomic mass is 10.2. The fraction of sp³-hybridized carbons (Fsp3) is 0.700. The van der Waals surface area contributed by atoms with Gasteiger partial charge in [0.15, 0.2) is 5.69 Å². The number of carbonyl (C=O) groups excluding carboxylic acids is 2. The lowest BCUT2D eigenvalue weighted by molar-refractivity contribution is -0.123. The highest BCUT2D eigenvalue weighted by Crippen LogP contribution is 2.18. The number of H-pyrrole nitrogens is 1. The Morgan fingerprint density at radius 1 is 1.17 bits per heavy atom. The van der Waals surface area contributed by atoms with Crippen LogP contribution in [0, 0.1) is 5.92 Å². The normalized spacial score (nSPS) is 11.2. The zero-order valence-corrected chi connectivity index (χ0v) is 18.8. The van der Waals surface area contributed by atoms with Crippen molar-refractivity contribution in [1.29, 1.82) is 0 Å². The first kappa shape index (κ1) is 25.4. The Hall–Kier alpha value is -2.62. The van der Waals surface area contributed by atoms with Gasteiger partial charge in [-0.25, -0.2) is 4.79 Å². The summed E-state index contributed by atoms with van der Waals surface area (Å²) in [5.74, 6) is -0.433. The monoisotopic (exact) mass is 424 g/mol. The van der Waals surface area contributed by atoms with E-state index in [1.165, 1.54) is 9.47 Å². The Labute approximate surface area is 177 Å². The van der Waals surface area contributed by atoms with E-state index in [2.05, 4.69) is 10.3 Å². The van der Waals surface area contributed by atoms with Gasteiger partial charge < -0.3 is 16.0 Å². The van der Waals surface area contributed by atoms with E-state index in [4.69, 9.17) is 5.73 Å². The predicted octanol–water partition coefficient (Wildman–Crippen LogP) is 0.366. The second kappa shape index (κ2) is 12.2. The summed E-state index contributed by atoms with van der Waals surface area (Å²) in [7, 11) is 1.66. The molecule has 0 saturated carbocycles. The number of nitrogen functional groups attached to an aromatic ring is 1. The van der Waals surface area contributed by atoms with Gasteiger partial charge in [0, 0.05) is 19.6 Å². The molecule has 30 heavy (non-hydrogen) atoms. The number of amides is 2. The fourth-order valence-corrected chi connectivity index (χ4v) is 3.00. The number of unbranched alkanes of at least 4 members (excludes halogenated alkanes) is 1. The van der Waals surface area contributed by atoms with Gasteiger partial charge in [-0.3, -0.25) is 28.8 Å². The van der Waals surface area contributed by atoms with Crippen LogP contribution in [0.1, 0.15) is 47.0 Å². The lowest BCUT2D eigenvalue weighted by Crippen LogP contribution is -2.46. The van der Waals surface area contributed by atoms with Crippen LogP contribution in [-0.2, 0) is 16.1 Å². The summed E-state index contributed by atoms with van der Waals surface area (Å²) in [4.78, 5) is 54.9. The van der Waals surface area contributed by atoms with E-state index < -0.39 is 11.2 Å². The van der Waals surface area contributed by atoms with Gasteiger partial charge in [0.1, 0.15) is 5.82 Å². The molecule has 0 atom stereocenters. The number of likely N-dealkylation sites (N-methyl/N-ethyl adjacent to an activating group) is 1. The minimum absolute atomic E-state index is 0.0162. The first-order valence-corrected chi connectivity index (χ1v) is 10.5. The lowest BCUT2D eigenvalue weighted by Gasteiger charge is -2.26. The molecular weight excluding hydrogens is 388 g/mol. The zero-order chi connectivity index (χ0) is 22.8. The highest BCUT2D eigenvalue weighted by molar-refractivity contribution is 5.97. The Morgan fingerprint density at radius 2 is 1.83 bits per heavy atom. The Bertz CT molecular complexity index is 830. The van der Waals surface area contributed by atoms with Gasteiger partial charge >= 0.3 is 5.69 Å². The minimum atomic E-state index is -0.690. The van der Waals surface area contributed by atoms with Gasteiger partial charge in [-0.1, -0.05) is 34.1 Å². The third kappa shape index (κ3) is 7.33. The number of anilines is 2. The number of nitrogens with one attached hydrogen (secondary N) is 2. The molecule has 0 spiro atoms. The molecular formula is C20H36N6O4. The summed E-state index contributed by atoms with van der Waals surface area (Å²) < 4.78 is 1.29. The largest absolute Gasteiger partial charge is 0.383 e. The summed E-state index contributed by atoms with van der Waals surface area (Å²) >= 11 is 0. The standard InChI is InChI=1S/C20H36N6O4/c1-6-8-10-25(16(28)13-24(5)12-15(27)22-9-7-2)17-18(21)26(11-14(3)4)20(30)23-19(17)29/h14H,6-13,21H2,1-5H3,(H,22,27)(H,23,29,30). The topological polar surface area (TPSA) is 134 Å². The van der Waals surface area contributed by atoms with E-state index in [1.54, 1.807) is 11.9 Å². The predicted molar refractivity (Wildman–Crippen MR) is 119 cm³/mol. The smallest absolute Gasteiger partial charge is 0.330 e. The molecule has 0 aliphatic rings. The molecule has 0 aromatic carbocycles. The molecule has 1 rings (SSSR count). The molecule has 0 unspecified atom stereocenters. The van der Waals surface area contributed by atoms with E-state index in [9.17, 15) is 19.2 Å². The molecule has 4 N–H and O–H groups in total. The summed E-state index contributed by atoms with van der Waals surface area (Å²) in [6, 6.07) is 0. The number of hydrogen-bond acceptors (Lipinski definition) is 6. The first-order valence-electron chi connectivity index (χ1n) is 10.5. The molecule has 10 heteroatoms. The average molecular weight is 425 g/mol. The molecule has 0 fully saturated rings. The number of carbonyl (C=O) groups is 2. The molecule has 10 nitrogen and oxygen atoms in total. The summed E-state index contributed by atoms with van der Waals surface area (Å²) in [6.45, 7) is 8.97. The quantitative estimate of drug-likeness (QED) is 0.444. The van der Waals surface area contributed by atoms with Crippen LogP contribution in [-0.4, -0.2) is 59.5 Å². The average Bonchev–Trinajstić information content (AvgIpc) is 2.65. The van der Waals surface area contributed by atoms with Crippen LogP contribution >= 0.6 is 0 Å². The molecule has 0 saturated heterocycles. The summed E-state index contributed by atoms with van der Waals surface area (Å²) in [6.07, 6.45) is 2.30. The van der Waals surface area contributed by atoms with Crippen molar-refractivity contribution in [2.45, 2.75) is 53.5 Å². The van der Waals surface area contributed by atoms with Crippen LogP contribution in [0.25, 0.3) is 0 Å². The number of hydrogen-bond donors (Lipinski definition) is 3. The maximum absolute atomic E-state index is 13.0. The second-order valence-corrected chi connectivity index (χ2v) is 7.92.